The van der Waals surface area contributed by atoms with Crippen LogP contribution in [0, 0.1) is 5.92 Å². The van der Waals surface area contributed by atoms with Crippen LogP contribution in [0.4, 0.5) is 0 Å². The predicted molar refractivity (Wildman–Crippen MR) is 138 cm³/mol. The third-order valence-electron chi connectivity index (χ3n) is 5.75. The highest BCUT2D eigenvalue weighted by molar-refractivity contribution is 6.02. The minimum atomic E-state index is -0.193. The van der Waals surface area contributed by atoms with Gasteiger partial charge in [-0.1, -0.05) is 24.3 Å². The number of benzene rings is 1. The van der Waals surface area contributed by atoms with E-state index in [2.05, 4.69) is 20.6 Å². The zero-order chi connectivity index (χ0) is 26.0. The third kappa shape index (κ3) is 5.59. The van der Waals surface area contributed by atoms with Gasteiger partial charge in [0.2, 0.25) is 0 Å². The van der Waals surface area contributed by atoms with Crippen LogP contribution in [-0.2, 0) is 0 Å². The molecular weight excluding hydrogens is 442 g/mol. The number of nitrogens with zero attached hydrogens (tertiary/aromatic N) is 7. The van der Waals surface area contributed by atoms with Gasteiger partial charge in [0.1, 0.15) is 11.4 Å². The summed E-state index contributed by atoms with van der Waals surface area (Å²) < 4.78 is 3.56. The second-order valence-corrected chi connectivity index (χ2v) is 9.95. The number of carbonyl (C=O) groups excluding carboxylic acids is 1. The maximum Gasteiger partial charge on any atom is 0.165 e. The number of nitrogens with two attached hydrogens (primary N) is 2. The van der Waals surface area contributed by atoms with Crippen LogP contribution < -0.4 is 11.6 Å². The van der Waals surface area contributed by atoms with Crippen LogP contribution in [0.5, 0.6) is 0 Å². The standard InChI is InChI=1S/C25H37N9O/c1-14(2)25(35)18-9-19(21(26)11-32(27)15(3)4)24(23-13-34(17(7)8)31-29-23)20(10-18)22-12-33(16(5)6)30-28-22/h9-17H,26-27H2,1-8H3/b21-11-. The first-order valence-electron chi connectivity index (χ1n) is 12.0. The van der Waals surface area contributed by atoms with Crippen LogP contribution in [0.3, 0.4) is 0 Å². The first-order chi connectivity index (χ1) is 16.4. The summed E-state index contributed by atoms with van der Waals surface area (Å²) in [6.07, 6.45) is 5.42. The fourth-order valence-corrected chi connectivity index (χ4v) is 3.50. The van der Waals surface area contributed by atoms with Crippen molar-refractivity contribution in [3.63, 3.8) is 0 Å². The number of hydrogen-bond acceptors (Lipinski definition) is 8. The van der Waals surface area contributed by atoms with E-state index in [1.807, 2.05) is 79.9 Å². The summed E-state index contributed by atoms with van der Waals surface area (Å²) in [5.41, 5.74) is 10.9. The Hall–Kier alpha value is -3.53. The van der Waals surface area contributed by atoms with E-state index >= 15 is 0 Å². The van der Waals surface area contributed by atoms with E-state index in [1.54, 1.807) is 15.6 Å². The largest absolute Gasteiger partial charge is 0.397 e. The van der Waals surface area contributed by atoms with Crippen LogP contribution in [0.2, 0.25) is 0 Å². The Balaban J connectivity index is 2.39. The van der Waals surface area contributed by atoms with Crippen LogP contribution in [0.15, 0.2) is 30.7 Å². The van der Waals surface area contributed by atoms with E-state index in [9.17, 15) is 4.79 Å². The maximum atomic E-state index is 13.1. The normalized spacial score (nSPS) is 12.4. The summed E-state index contributed by atoms with van der Waals surface area (Å²) in [4.78, 5) is 13.1. The van der Waals surface area contributed by atoms with Gasteiger partial charge in [-0.3, -0.25) is 4.79 Å². The van der Waals surface area contributed by atoms with Gasteiger partial charge in [-0.25, -0.2) is 15.2 Å². The molecule has 0 aliphatic heterocycles. The Bertz CT molecular complexity index is 1220. The smallest absolute Gasteiger partial charge is 0.165 e. The highest BCUT2D eigenvalue weighted by atomic mass is 16.1. The summed E-state index contributed by atoms with van der Waals surface area (Å²) in [6, 6.07) is 3.94. The summed E-state index contributed by atoms with van der Waals surface area (Å²) in [5, 5.41) is 19.0. The van der Waals surface area contributed by atoms with Gasteiger partial charge in [0, 0.05) is 52.5 Å². The average molecular weight is 480 g/mol. The van der Waals surface area contributed by atoms with Crippen molar-refractivity contribution in [2.24, 2.45) is 17.5 Å². The summed E-state index contributed by atoms with van der Waals surface area (Å²) in [5.74, 6) is 5.98. The Labute approximate surface area is 206 Å². The summed E-state index contributed by atoms with van der Waals surface area (Å²) in [6.45, 7) is 15.8. The lowest BCUT2D eigenvalue weighted by Crippen LogP contribution is -2.33. The zero-order valence-electron chi connectivity index (χ0n) is 21.9. The molecule has 10 nitrogen and oxygen atoms in total. The molecule has 0 saturated carbocycles. The number of carbonyl (C=O) groups is 1. The molecule has 10 heteroatoms. The second kappa shape index (κ2) is 10.4. The third-order valence-corrected chi connectivity index (χ3v) is 5.75. The van der Waals surface area contributed by atoms with Crippen molar-refractivity contribution >= 4 is 11.5 Å². The van der Waals surface area contributed by atoms with Gasteiger partial charge in [-0.15, -0.1) is 10.2 Å². The van der Waals surface area contributed by atoms with E-state index in [-0.39, 0.29) is 29.8 Å². The fraction of sp³-hybridized carbons (Fsp3) is 0.480. The Morgan fingerprint density at radius 2 is 1.46 bits per heavy atom. The number of ketones is 1. The molecule has 3 rings (SSSR count). The van der Waals surface area contributed by atoms with Gasteiger partial charge < -0.3 is 10.7 Å². The molecule has 35 heavy (non-hydrogen) atoms. The van der Waals surface area contributed by atoms with E-state index in [4.69, 9.17) is 11.6 Å². The molecule has 0 saturated heterocycles. The van der Waals surface area contributed by atoms with Gasteiger partial charge in [0.25, 0.3) is 0 Å². The summed E-state index contributed by atoms with van der Waals surface area (Å²) >= 11 is 0. The molecule has 188 valence electrons. The number of hydrazine groups is 1. The Kier molecular flexibility index (Phi) is 7.74. The molecular formula is C25H37N9O. The molecule has 2 aromatic heterocycles. The lowest BCUT2D eigenvalue weighted by atomic mass is 9.89. The minimum Gasteiger partial charge on any atom is -0.397 e. The van der Waals surface area contributed by atoms with Crippen LogP contribution >= 0.6 is 0 Å². The highest BCUT2D eigenvalue weighted by Gasteiger charge is 2.24. The molecule has 0 amide bonds. The molecule has 1 aromatic carbocycles. The molecule has 0 radical (unpaired) electrons. The topological polar surface area (TPSA) is 134 Å². The predicted octanol–water partition coefficient (Wildman–Crippen LogP) is 4.05. The lowest BCUT2D eigenvalue weighted by molar-refractivity contribution is 0.0939. The molecule has 0 aliphatic carbocycles. The number of hydrogen-bond donors (Lipinski definition) is 2. The van der Waals surface area contributed by atoms with Crippen molar-refractivity contribution in [1.82, 2.24) is 35.0 Å². The van der Waals surface area contributed by atoms with Crippen LogP contribution in [0.1, 0.15) is 83.4 Å². The van der Waals surface area contributed by atoms with Gasteiger partial charge in [0.15, 0.2) is 5.78 Å². The number of Topliss-reactive ketones (excluding diaryl/α,β-unsaturated/α-hetero) is 1. The highest BCUT2D eigenvalue weighted by Crippen LogP contribution is 2.37. The molecule has 2 heterocycles. The molecule has 0 fully saturated rings. The minimum absolute atomic E-state index is 0.00222. The molecule has 0 unspecified atom stereocenters. The molecule has 3 aromatic rings. The SMILES string of the molecule is CC(C)C(=O)c1cc(/C(N)=C/N(N)C(C)C)c(-c2cn(C(C)C)nn2)c(-c2cn(C(C)C)nn2)c1. The molecule has 0 aliphatic rings. The lowest BCUT2D eigenvalue weighted by Gasteiger charge is -2.21. The molecule has 0 atom stereocenters. The van der Waals surface area contributed by atoms with Crippen molar-refractivity contribution in [2.45, 2.75) is 73.5 Å². The van der Waals surface area contributed by atoms with Crippen molar-refractivity contribution in [2.75, 3.05) is 0 Å². The molecule has 0 bridgehead atoms. The fourth-order valence-electron chi connectivity index (χ4n) is 3.50. The molecule has 4 N–H and O–H groups in total. The summed E-state index contributed by atoms with van der Waals surface area (Å²) in [7, 11) is 0. The first kappa shape index (κ1) is 26.1. The number of rotatable bonds is 9. The Morgan fingerprint density at radius 3 is 1.94 bits per heavy atom. The van der Waals surface area contributed by atoms with Crippen molar-refractivity contribution < 1.29 is 4.79 Å². The van der Waals surface area contributed by atoms with Crippen molar-refractivity contribution in [3.05, 3.63) is 41.9 Å². The van der Waals surface area contributed by atoms with Gasteiger partial charge in [-0.05, 0) is 53.7 Å². The van der Waals surface area contributed by atoms with E-state index < -0.39 is 0 Å². The van der Waals surface area contributed by atoms with E-state index in [0.29, 0.717) is 33.8 Å². The van der Waals surface area contributed by atoms with Crippen LogP contribution in [-0.4, -0.2) is 46.8 Å². The van der Waals surface area contributed by atoms with E-state index in [0.717, 1.165) is 5.56 Å². The number of aromatic nitrogens is 6. The second-order valence-electron chi connectivity index (χ2n) is 9.95. The monoisotopic (exact) mass is 479 g/mol. The van der Waals surface area contributed by atoms with Gasteiger partial charge in [-0.2, -0.15) is 0 Å². The van der Waals surface area contributed by atoms with E-state index in [1.165, 1.54) is 5.01 Å². The van der Waals surface area contributed by atoms with Crippen molar-refractivity contribution in [3.8, 4) is 22.5 Å². The van der Waals surface area contributed by atoms with Crippen LogP contribution in [0.25, 0.3) is 28.2 Å². The van der Waals surface area contributed by atoms with Gasteiger partial charge in [0.05, 0.1) is 18.1 Å². The van der Waals surface area contributed by atoms with Crippen molar-refractivity contribution in [1.29, 1.82) is 0 Å². The Morgan fingerprint density at radius 1 is 0.914 bits per heavy atom. The first-order valence-corrected chi connectivity index (χ1v) is 12.0. The quantitative estimate of drug-likeness (QED) is 0.267. The zero-order valence-corrected chi connectivity index (χ0v) is 21.9. The maximum absolute atomic E-state index is 13.1. The molecule has 0 spiro atoms. The van der Waals surface area contributed by atoms with Gasteiger partial charge >= 0.3 is 0 Å². The average Bonchev–Trinajstić information content (AvgIpc) is 3.47.